The van der Waals surface area contributed by atoms with E-state index in [1.807, 2.05) is 0 Å². The Morgan fingerprint density at radius 2 is 2.24 bits per heavy atom. The van der Waals surface area contributed by atoms with E-state index < -0.39 is 36.1 Å². The van der Waals surface area contributed by atoms with Gasteiger partial charge in [-0.2, -0.15) is 13.2 Å². The number of anilines is 1. The van der Waals surface area contributed by atoms with E-state index in [-0.39, 0.29) is 18.9 Å². The van der Waals surface area contributed by atoms with Gasteiger partial charge in [0, 0.05) is 19.3 Å². The van der Waals surface area contributed by atoms with Crippen LogP contribution in [0.3, 0.4) is 0 Å². The highest BCUT2D eigenvalue weighted by atomic mass is 19.4. The molecule has 0 radical (unpaired) electrons. The summed E-state index contributed by atoms with van der Waals surface area (Å²) in [5, 5.41) is 11.3. The van der Waals surface area contributed by atoms with Crippen molar-refractivity contribution in [1.29, 1.82) is 0 Å². The number of carbonyl (C=O) groups is 2. The van der Waals surface area contributed by atoms with Gasteiger partial charge in [-0.1, -0.05) is 0 Å². The zero-order valence-corrected chi connectivity index (χ0v) is 10.7. The Labute approximate surface area is 117 Å². The van der Waals surface area contributed by atoms with Crippen molar-refractivity contribution in [2.75, 3.05) is 18.0 Å². The van der Waals surface area contributed by atoms with Gasteiger partial charge in [0.1, 0.15) is 11.9 Å². The van der Waals surface area contributed by atoms with Crippen LogP contribution in [0.5, 0.6) is 0 Å². The lowest BCUT2D eigenvalue weighted by Crippen LogP contribution is -2.56. The molecule has 6 nitrogen and oxygen atoms in total. The molecule has 1 aromatic heterocycles. The highest BCUT2D eigenvalue weighted by molar-refractivity contribution is 5.90. The lowest BCUT2D eigenvalue weighted by molar-refractivity contribution is -0.140. The van der Waals surface area contributed by atoms with E-state index in [0.717, 1.165) is 18.3 Å². The molecule has 1 amide bonds. The summed E-state index contributed by atoms with van der Waals surface area (Å²) >= 11 is 0. The Kier molecular flexibility index (Phi) is 4.01. The fourth-order valence-electron chi connectivity index (χ4n) is 2.11. The maximum atomic E-state index is 12.7. The van der Waals surface area contributed by atoms with Crippen molar-refractivity contribution in [3.05, 3.63) is 23.9 Å². The SMILES string of the molecule is O=C(O)CC1C(=O)NCCN1c1cc(C(F)(F)F)ccn1. The number of pyridine rings is 1. The number of alkyl halides is 3. The van der Waals surface area contributed by atoms with Crippen LogP contribution in [-0.2, 0) is 15.8 Å². The number of hydrogen-bond donors (Lipinski definition) is 2. The maximum Gasteiger partial charge on any atom is 0.416 e. The first-order valence-corrected chi connectivity index (χ1v) is 6.08. The van der Waals surface area contributed by atoms with Crippen LogP contribution in [0.25, 0.3) is 0 Å². The van der Waals surface area contributed by atoms with Gasteiger partial charge in [0.05, 0.1) is 12.0 Å². The number of rotatable bonds is 3. The molecule has 2 heterocycles. The lowest BCUT2D eigenvalue weighted by Gasteiger charge is -2.35. The first-order chi connectivity index (χ1) is 9.79. The van der Waals surface area contributed by atoms with Crippen molar-refractivity contribution in [1.82, 2.24) is 10.3 Å². The van der Waals surface area contributed by atoms with Crippen LogP contribution in [0.2, 0.25) is 0 Å². The van der Waals surface area contributed by atoms with Gasteiger partial charge in [-0.15, -0.1) is 0 Å². The predicted octanol–water partition coefficient (Wildman–Crippen LogP) is 0.880. The molecule has 1 aliphatic rings. The lowest BCUT2D eigenvalue weighted by atomic mass is 10.1. The summed E-state index contributed by atoms with van der Waals surface area (Å²) in [6.07, 6.45) is -4.05. The van der Waals surface area contributed by atoms with Crippen molar-refractivity contribution in [2.24, 2.45) is 0 Å². The van der Waals surface area contributed by atoms with Gasteiger partial charge in [0.2, 0.25) is 5.91 Å². The third kappa shape index (κ3) is 3.41. The first kappa shape index (κ1) is 15.1. The number of aromatic nitrogens is 1. The zero-order valence-electron chi connectivity index (χ0n) is 10.7. The Balaban J connectivity index is 2.33. The van der Waals surface area contributed by atoms with Crippen LogP contribution in [-0.4, -0.2) is 41.1 Å². The molecule has 1 unspecified atom stereocenters. The number of nitrogens with one attached hydrogen (secondary N) is 1. The Morgan fingerprint density at radius 3 is 2.86 bits per heavy atom. The quantitative estimate of drug-likeness (QED) is 0.866. The second kappa shape index (κ2) is 5.58. The van der Waals surface area contributed by atoms with Crippen molar-refractivity contribution < 1.29 is 27.9 Å². The molecule has 0 aromatic carbocycles. The number of nitrogens with zero attached hydrogens (tertiary/aromatic N) is 2. The third-order valence-corrected chi connectivity index (χ3v) is 3.07. The third-order valence-electron chi connectivity index (χ3n) is 3.07. The molecule has 1 atom stereocenters. The average molecular weight is 303 g/mol. The zero-order chi connectivity index (χ0) is 15.6. The first-order valence-electron chi connectivity index (χ1n) is 6.08. The normalized spacial score (nSPS) is 19.3. The highest BCUT2D eigenvalue weighted by Gasteiger charge is 2.35. The minimum atomic E-state index is -4.53. The second-order valence-electron chi connectivity index (χ2n) is 4.50. The summed E-state index contributed by atoms with van der Waals surface area (Å²) in [4.78, 5) is 27.6. The van der Waals surface area contributed by atoms with Crippen molar-refractivity contribution in [3.63, 3.8) is 0 Å². The van der Waals surface area contributed by atoms with Crippen LogP contribution < -0.4 is 10.2 Å². The van der Waals surface area contributed by atoms with E-state index in [1.54, 1.807) is 0 Å². The molecule has 0 saturated carbocycles. The Hall–Kier alpha value is -2.32. The van der Waals surface area contributed by atoms with Gasteiger partial charge in [0.15, 0.2) is 0 Å². The monoisotopic (exact) mass is 303 g/mol. The fraction of sp³-hybridized carbons (Fsp3) is 0.417. The van der Waals surface area contributed by atoms with Crippen molar-refractivity contribution in [3.8, 4) is 0 Å². The van der Waals surface area contributed by atoms with E-state index in [9.17, 15) is 22.8 Å². The number of amides is 1. The Bertz CT molecular complexity index is 562. The number of hydrogen-bond acceptors (Lipinski definition) is 4. The van der Waals surface area contributed by atoms with E-state index in [1.165, 1.54) is 4.90 Å². The molecular formula is C12H12F3N3O3. The Morgan fingerprint density at radius 1 is 1.52 bits per heavy atom. The average Bonchev–Trinajstić information content (AvgIpc) is 2.40. The molecule has 1 aliphatic heterocycles. The molecule has 1 saturated heterocycles. The molecule has 0 bridgehead atoms. The second-order valence-corrected chi connectivity index (χ2v) is 4.50. The summed E-state index contributed by atoms with van der Waals surface area (Å²) < 4.78 is 38.1. The van der Waals surface area contributed by atoms with Gasteiger partial charge in [-0.25, -0.2) is 4.98 Å². The van der Waals surface area contributed by atoms with Gasteiger partial charge in [0.25, 0.3) is 0 Å². The smallest absolute Gasteiger partial charge is 0.416 e. The summed E-state index contributed by atoms with van der Waals surface area (Å²) in [6.45, 7) is 0.408. The van der Waals surface area contributed by atoms with Crippen LogP contribution in [0.15, 0.2) is 18.3 Å². The summed E-state index contributed by atoms with van der Waals surface area (Å²) in [5.41, 5.74) is -0.896. The predicted molar refractivity (Wildman–Crippen MR) is 65.6 cm³/mol. The molecule has 114 valence electrons. The number of halogens is 3. The maximum absolute atomic E-state index is 12.7. The number of carbonyl (C=O) groups excluding carboxylic acids is 1. The topological polar surface area (TPSA) is 82.5 Å². The molecular weight excluding hydrogens is 291 g/mol. The molecule has 2 rings (SSSR count). The largest absolute Gasteiger partial charge is 0.481 e. The molecule has 1 aromatic rings. The van der Waals surface area contributed by atoms with E-state index in [4.69, 9.17) is 5.11 Å². The summed E-state index contributed by atoms with van der Waals surface area (Å²) in [6, 6.07) is 0.555. The van der Waals surface area contributed by atoms with Crippen molar-refractivity contribution >= 4 is 17.7 Å². The fourth-order valence-corrected chi connectivity index (χ4v) is 2.11. The minimum Gasteiger partial charge on any atom is -0.481 e. The van der Waals surface area contributed by atoms with Gasteiger partial charge < -0.3 is 15.3 Å². The molecule has 2 N–H and O–H groups in total. The van der Waals surface area contributed by atoms with E-state index >= 15 is 0 Å². The standard InChI is InChI=1S/C12H12F3N3O3/c13-12(14,15)7-1-2-16-9(5-7)18-4-3-17-11(21)8(18)6-10(19)20/h1-2,5,8H,3-4,6H2,(H,17,21)(H,19,20). The number of carboxylic acid groups (broad SMARTS) is 1. The number of carboxylic acids is 1. The molecule has 0 aliphatic carbocycles. The summed E-state index contributed by atoms with van der Waals surface area (Å²) in [7, 11) is 0. The molecule has 21 heavy (non-hydrogen) atoms. The van der Waals surface area contributed by atoms with Gasteiger partial charge in [-0.3, -0.25) is 9.59 Å². The van der Waals surface area contributed by atoms with E-state index in [0.29, 0.717) is 0 Å². The van der Waals surface area contributed by atoms with Crippen LogP contribution in [0, 0.1) is 0 Å². The summed E-state index contributed by atoms with van der Waals surface area (Å²) in [5.74, 6) is -1.82. The van der Waals surface area contributed by atoms with Crippen LogP contribution in [0.1, 0.15) is 12.0 Å². The highest BCUT2D eigenvalue weighted by Crippen LogP contribution is 2.31. The molecule has 0 spiro atoms. The molecule has 1 fully saturated rings. The van der Waals surface area contributed by atoms with E-state index in [2.05, 4.69) is 10.3 Å². The van der Waals surface area contributed by atoms with Crippen LogP contribution in [0.4, 0.5) is 19.0 Å². The minimum absolute atomic E-state index is 0.0640. The number of aliphatic carboxylic acids is 1. The van der Waals surface area contributed by atoms with Crippen molar-refractivity contribution in [2.45, 2.75) is 18.6 Å². The van der Waals surface area contributed by atoms with Gasteiger partial charge in [-0.05, 0) is 12.1 Å². The number of piperazine rings is 1. The molecule has 9 heteroatoms. The van der Waals surface area contributed by atoms with Crippen LogP contribution >= 0.6 is 0 Å². The van der Waals surface area contributed by atoms with Gasteiger partial charge >= 0.3 is 12.1 Å².